The Labute approximate surface area is 107 Å². The van der Waals surface area contributed by atoms with Crippen LogP contribution in [0, 0.1) is 6.92 Å². The SMILES string of the molecule is C=Cc1c(/C=C(/C)CC)sc2cc(C)ccc12. The van der Waals surface area contributed by atoms with Gasteiger partial charge in [0.05, 0.1) is 0 Å². The zero-order valence-electron chi connectivity index (χ0n) is 10.7. The lowest BCUT2D eigenvalue weighted by molar-refractivity contribution is 1.11. The second-order valence-corrected chi connectivity index (χ2v) is 5.51. The van der Waals surface area contributed by atoms with Crippen molar-refractivity contribution in [2.45, 2.75) is 27.2 Å². The number of fused-ring (bicyclic) bond motifs is 1. The average Bonchev–Trinajstić information content (AvgIpc) is 2.64. The van der Waals surface area contributed by atoms with E-state index in [1.165, 1.54) is 31.7 Å². The molecule has 0 radical (unpaired) electrons. The van der Waals surface area contributed by atoms with Gasteiger partial charge < -0.3 is 0 Å². The van der Waals surface area contributed by atoms with Crippen LogP contribution in [0.2, 0.25) is 0 Å². The molecule has 0 aliphatic rings. The van der Waals surface area contributed by atoms with Crippen molar-refractivity contribution in [2.75, 3.05) is 0 Å². The highest BCUT2D eigenvalue weighted by molar-refractivity contribution is 7.20. The number of aryl methyl sites for hydroxylation is 1. The molecule has 0 aliphatic carbocycles. The van der Waals surface area contributed by atoms with Gasteiger partial charge in [-0.1, -0.05) is 37.3 Å². The first-order chi connectivity index (χ1) is 8.15. The van der Waals surface area contributed by atoms with Gasteiger partial charge in [0.1, 0.15) is 0 Å². The number of benzene rings is 1. The number of hydrogen-bond acceptors (Lipinski definition) is 1. The van der Waals surface area contributed by atoms with Crippen LogP contribution in [0.4, 0.5) is 0 Å². The molecule has 88 valence electrons. The van der Waals surface area contributed by atoms with Crippen LogP contribution in [0.15, 0.2) is 30.4 Å². The predicted octanol–water partition coefficient (Wildman–Crippen LogP) is 5.67. The summed E-state index contributed by atoms with van der Waals surface area (Å²) in [6, 6.07) is 6.63. The maximum atomic E-state index is 3.95. The zero-order chi connectivity index (χ0) is 12.4. The van der Waals surface area contributed by atoms with Crippen molar-refractivity contribution < 1.29 is 0 Å². The third-order valence-electron chi connectivity index (χ3n) is 3.05. The third-order valence-corrected chi connectivity index (χ3v) is 4.17. The van der Waals surface area contributed by atoms with Gasteiger partial charge in [-0.15, -0.1) is 11.3 Å². The highest BCUT2D eigenvalue weighted by atomic mass is 32.1. The molecule has 1 aromatic heterocycles. The fourth-order valence-electron chi connectivity index (χ4n) is 1.89. The standard InChI is InChI=1S/C16H18S/c1-5-11(3)9-15-13(6-2)14-8-7-12(4)10-16(14)17-15/h6-10H,2,5H2,1,3-4H3/b11-9-. The molecule has 0 bridgehead atoms. The molecule has 1 aromatic carbocycles. The Hall–Kier alpha value is -1.34. The molecule has 0 amide bonds. The van der Waals surface area contributed by atoms with Gasteiger partial charge in [0, 0.05) is 15.0 Å². The van der Waals surface area contributed by atoms with Crippen molar-refractivity contribution in [3.8, 4) is 0 Å². The van der Waals surface area contributed by atoms with Gasteiger partial charge in [0.25, 0.3) is 0 Å². The Morgan fingerprint density at radius 1 is 1.41 bits per heavy atom. The third kappa shape index (κ3) is 2.34. The van der Waals surface area contributed by atoms with Gasteiger partial charge in [0.15, 0.2) is 0 Å². The average molecular weight is 242 g/mol. The van der Waals surface area contributed by atoms with Crippen molar-refractivity contribution in [1.82, 2.24) is 0 Å². The van der Waals surface area contributed by atoms with Gasteiger partial charge in [-0.2, -0.15) is 0 Å². The largest absolute Gasteiger partial charge is 0.135 e. The number of hydrogen-bond donors (Lipinski definition) is 0. The lowest BCUT2D eigenvalue weighted by Gasteiger charge is -1.96. The molecule has 0 nitrogen and oxygen atoms in total. The summed E-state index contributed by atoms with van der Waals surface area (Å²) in [6.07, 6.45) is 5.36. The quantitative estimate of drug-likeness (QED) is 0.651. The molecule has 0 fully saturated rings. The van der Waals surface area contributed by atoms with Crippen LogP contribution in [0.3, 0.4) is 0 Å². The minimum atomic E-state index is 1.10. The molecule has 0 aliphatic heterocycles. The molecular formula is C16H18S. The summed E-state index contributed by atoms with van der Waals surface area (Å²) in [7, 11) is 0. The minimum absolute atomic E-state index is 1.10. The molecule has 17 heavy (non-hydrogen) atoms. The van der Waals surface area contributed by atoms with Crippen LogP contribution in [0.5, 0.6) is 0 Å². The summed E-state index contributed by atoms with van der Waals surface area (Å²) in [5.41, 5.74) is 4.01. The molecule has 2 aromatic rings. The molecule has 0 spiro atoms. The van der Waals surface area contributed by atoms with Crippen LogP contribution in [0.1, 0.15) is 36.3 Å². The molecule has 0 N–H and O–H groups in total. The number of rotatable bonds is 3. The first kappa shape index (κ1) is 12.1. The fraction of sp³-hybridized carbons (Fsp3) is 0.250. The van der Waals surface area contributed by atoms with Crippen molar-refractivity contribution in [3.63, 3.8) is 0 Å². The highest BCUT2D eigenvalue weighted by Gasteiger charge is 2.07. The van der Waals surface area contributed by atoms with E-state index in [0.29, 0.717) is 0 Å². The molecular weight excluding hydrogens is 224 g/mol. The van der Waals surface area contributed by atoms with E-state index in [2.05, 4.69) is 51.6 Å². The minimum Gasteiger partial charge on any atom is -0.135 e. The van der Waals surface area contributed by atoms with Gasteiger partial charge in [-0.05, 0) is 43.5 Å². The summed E-state index contributed by atoms with van der Waals surface area (Å²) in [5, 5.41) is 1.32. The number of allylic oxidation sites excluding steroid dienone is 1. The Kier molecular flexibility index (Phi) is 3.49. The van der Waals surface area contributed by atoms with Crippen LogP contribution in [-0.4, -0.2) is 0 Å². The second kappa shape index (κ2) is 4.89. The van der Waals surface area contributed by atoms with E-state index in [1.807, 2.05) is 17.4 Å². The van der Waals surface area contributed by atoms with Gasteiger partial charge in [0.2, 0.25) is 0 Å². The fourth-order valence-corrected chi connectivity index (χ4v) is 3.22. The Morgan fingerprint density at radius 2 is 2.18 bits per heavy atom. The predicted molar refractivity (Wildman–Crippen MR) is 80.6 cm³/mol. The first-order valence-corrected chi connectivity index (χ1v) is 6.80. The molecule has 0 saturated carbocycles. The Morgan fingerprint density at radius 3 is 2.82 bits per heavy atom. The second-order valence-electron chi connectivity index (χ2n) is 4.43. The van der Waals surface area contributed by atoms with E-state index < -0.39 is 0 Å². The summed E-state index contributed by atoms with van der Waals surface area (Å²) in [4.78, 5) is 1.33. The first-order valence-electron chi connectivity index (χ1n) is 5.98. The molecule has 1 heterocycles. The molecule has 0 unspecified atom stereocenters. The summed E-state index contributed by atoms with van der Waals surface area (Å²) in [5.74, 6) is 0. The molecule has 0 atom stereocenters. The maximum Gasteiger partial charge on any atom is 0.0358 e. The van der Waals surface area contributed by atoms with Gasteiger partial charge in [-0.25, -0.2) is 0 Å². The van der Waals surface area contributed by atoms with E-state index >= 15 is 0 Å². The highest BCUT2D eigenvalue weighted by Crippen LogP contribution is 2.34. The van der Waals surface area contributed by atoms with E-state index in [9.17, 15) is 0 Å². The van der Waals surface area contributed by atoms with Crippen LogP contribution in [0.25, 0.3) is 22.2 Å². The van der Waals surface area contributed by atoms with Crippen molar-refractivity contribution in [1.29, 1.82) is 0 Å². The topological polar surface area (TPSA) is 0 Å². The lowest BCUT2D eigenvalue weighted by atomic mass is 10.1. The Bertz CT molecular complexity index is 585. The van der Waals surface area contributed by atoms with E-state index in [4.69, 9.17) is 0 Å². The van der Waals surface area contributed by atoms with Gasteiger partial charge in [-0.3, -0.25) is 0 Å². The normalized spacial score (nSPS) is 12.1. The van der Waals surface area contributed by atoms with Crippen molar-refractivity contribution >= 4 is 33.6 Å². The van der Waals surface area contributed by atoms with E-state index in [1.54, 1.807) is 0 Å². The molecule has 1 heteroatoms. The van der Waals surface area contributed by atoms with E-state index in [-0.39, 0.29) is 0 Å². The van der Waals surface area contributed by atoms with Crippen LogP contribution < -0.4 is 0 Å². The summed E-state index contributed by atoms with van der Waals surface area (Å²) in [6.45, 7) is 10.5. The van der Waals surface area contributed by atoms with Gasteiger partial charge >= 0.3 is 0 Å². The smallest absolute Gasteiger partial charge is 0.0358 e. The monoisotopic (exact) mass is 242 g/mol. The van der Waals surface area contributed by atoms with Crippen LogP contribution in [-0.2, 0) is 0 Å². The zero-order valence-corrected chi connectivity index (χ0v) is 11.5. The summed E-state index contributed by atoms with van der Waals surface area (Å²) >= 11 is 1.86. The van der Waals surface area contributed by atoms with Crippen molar-refractivity contribution in [2.24, 2.45) is 0 Å². The number of thiophene rings is 1. The van der Waals surface area contributed by atoms with Crippen LogP contribution >= 0.6 is 11.3 Å². The maximum absolute atomic E-state index is 3.95. The molecule has 2 rings (SSSR count). The molecule has 0 saturated heterocycles. The summed E-state index contributed by atoms with van der Waals surface area (Å²) < 4.78 is 1.36. The lowest BCUT2D eigenvalue weighted by Crippen LogP contribution is -1.75. The Balaban J connectivity index is 2.67. The van der Waals surface area contributed by atoms with Crippen molar-refractivity contribution in [3.05, 3.63) is 46.4 Å². The van der Waals surface area contributed by atoms with E-state index in [0.717, 1.165) is 6.42 Å².